The molecule has 0 saturated heterocycles. The zero-order valence-electron chi connectivity index (χ0n) is 9.08. The maximum Gasteiger partial charge on any atom is 0.264 e. The Kier molecular flexibility index (Phi) is 2.52. The van der Waals surface area contributed by atoms with E-state index < -0.39 is 0 Å². The van der Waals surface area contributed by atoms with Crippen LogP contribution in [0, 0.1) is 0 Å². The van der Waals surface area contributed by atoms with Gasteiger partial charge in [0.15, 0.2) is 10.7 Å². The molecular weight excluding hydrogens is 252 g/mol. The molecule has 2 heterocycles. The van der Waals surface area contributed by atoms with Crippen molar-refractivity contribution in [2.45, 2.75) is 10.4 Å². The molecule has 90 valence electrons. The van der Waals surface area contributed by atoms with E-state index in [4.69, 9.17) is 10.2 Å². The van der Waals surface area contributed by atoms with Crippen LogP contribution in [0.2, 0.25) is 0 Å². The lowest BCUT2D eigenvalue weighted by Crippen LogP contribution is -2.04. The number of nitrogen functional groups attached to an aromatic ring is 1. The van der Waals surface area contributed by atoms with E-state index >= 15 is 0 Å². The van der Waals surface area contributed by atoms with Gasteiger partial charge < -0.3 is 15.1 Å². The number of aromatic nitrogens is 3. The van der Waals surface area contributed by atoms with Gasteiger partial charge in [0.2, 0.25) is 0 Å². The molecule has 0 atom stereocenters. The summed E-state index contributed by atoms with van der Waals surface area (Å²) in [7, 11) is 0. The lowest BCUT2D eigenvalue weighted by molar-refractivity contribution is 0.488. The van der Waals surface area contributed by atoms with E-state index in [1.165, 1.54) is 12.3 Å². The molecule has 0 aliphatic heterocycles. The molecule has 0 unspecified atom stereocenters. The predicted molar refractivity (Wildman–Crippen MR) is 67.4 cm³/mol. The molecule has 0 radical (unpaired) electrons. The van der Waals surface area contributed by atoms with Gasteiger partial charge in [-0.25, -0.2) is 9.97 Å². The molecule has 0 amide bonds. The first-order valence-electron chi connectivity index (χ1n) is 5.10. The molecule has 3 N–H and O–H groups in total. The molecule has 6 nitrogen and oxygen atoms in total. The third kappa shape index (κ3) is 1.95. The Morgan fingerprint density at radius 1 is 1.33 bits per heavy atom. The number of hydrogen-bond donors (Lipinski definition) is 2. The molecule has 0 bridgehead atoms. The summed E-state index contributed by atoms with van der Waals surface area (Å²) >= 11 is 1.14. The van der Waals surface area contributed by atoms with E-state index in [9.17, 15) is 4.79 Å². The Labute approximate surface area is 105 Å². The van der Waals surface area contributed by atoms with Crippen LogP contribution in [0.4, 0.5) is 5.69 Å². The van der Waals surface area contributed by atoms with E-state index in [2.05, 4.69) is 15.0 Å². The molecule has 18 heavy (non-hydrogen) atoms. The zero-order chi connectivity index (χ0) is 12.5. The van der Waals surface area contributed by atoms with E-state index in [0.29, 0.717) is 27.2 Å². The number of hydrogen-bond acceptors (Lipinski definition) is 6. The molecule has 0 fully saturated rings. The second-order valence-electron chi connectivity index (χ2n) is 3.52. The van der Waals surface area contributed by atoms with Gasteiger partial charge in [0, 0.05) is 24.0 Å². The minimum atomic E-state index is -0.219. The number of rotatable bonds is 2. The topological polar surface area (TPSA) is 97.8 Å². The van der Waals surface area contributed by atoms with Crippen LogP contribution < -0.4 is 11.3 Å². The highest BCUT2D eigenvalue weighted by Crippen LogP contribution is 2.29. The number of H-pyrrole nitrogens is 1. The van der Waals surface area contributed by atoms with Crippen LogP contribution in [-0.4, -0.2) is 15.0 Å². The highest BCUT2D eigenvalue weighted by molar-refractivity contribution is 7.98. The van der Waals surface area contributed by atoms with Gasteiger partial charge >= 0.3 is 0 Å². The number of anilines is 1. The Morgan fingerprint density at radius 2 is 2.22 bits per heavy atom. The molecule has 0 spiro atoms. The minimum Gasteiger partial charge on any atom is -0.431 e. The highest BCUT2D eigenvalue weighted by atomic mass is 32.2. The van der Waals surface area contributed by atoms with Crippen molar-refractivity contribution in [3.05, 3.63) is 40.8 Å². The number of para-hydroxylation sites is 1. The summed E-state index contributed by atoms with van der Waals surface area (Å²) in [5.74, 6) is 0. The summed E-state index contributed by atoms with van der Waals surface area (Å²) in [6.45, 7) is 0. The first-order valence-corrected chi connectivity index (χ1v) is 5.92. The lowest BCUT2D eigenvalue weighted by atomic mass is 10.3. The molecule has 3 aromatic rings. The number of nitrogens with zero attached hydrogens (tertiary/aromatic N) is 2. The predicted octanol–water partition coefficient (Wildman–Crippen LogP) is 1.64. The van der Waals surface area contributed by atoms with E-state index in [1.807, 2.05) is 0 Å². The number of aromatic amines is 1. The summed E-state index contributed by atoms with van der Waals surface area (Å²) in [5, 5.41) is 0.810. The molecule has 1 aromatic carbocycles. The van der Waals surface area contributed by atoms with Crippen LogP contribution in [0.15, 0.2) is 50.1 Å². The Bertz CT molecular complexity index is 765. The second-order valence-corrected chi connectivity index (χ2v) is 4.46. The van der Waals surface area contributed by atoms with Crippen molar-refractivity contribution in [3.63, 3.8) is 0 Å². The number of nitrogens with one attached hydrogen (secondary N) is 1. The van der Waals surface area contributed by atoms with Crippen molar-refractivity contribution < 1.29 is 4.42 Å². The first-order chi connectivity index (χ1) is 8.72. The van der Waals surface area contributed by atoms with Crippen molar-refractivity contribution in [2.75, 3.05) is 5.73 Å². The molecule has 0 saturated carbocycles. The number of nitrogens with two attached hydrogens (primary N) is 1. The fourth-order valence-electron chi connectivity index (χ4n) is 1.48. The fourth-order valence-corrected chi connectivity index (χ4v) is 2.18. The number of fused-ring (bicyclic) bond motifs is 1. The summed E-state index contributed by atoms with van der Waals surface area (Å²) in [4.78, 5) is 22.0. The van der Waals surface area contributed by atoms with Gasteiger partial charge in [0.1, 0.15) is 5.52 Å². The SMILES string of the molecule is Nc1cccc2oc(Sc3nccc(=O)[nH]3)nc12. The molecule has 2 aromatic heterocycles. The first kappa shape index (κ1) is 10.8. The third-order valence-corrected chi connectivity index (χ3v) is 3.01. The average Bonchev–Trinajstić information content (AvgIpc) is 2.73. The monoisotopic (exact) mass is 260 g/mol. The van der Waals surface area contributed by atoms with E-state index in [-0.39, 0.29) is 5.56 Å². The van der Waals surface area contributed by atoms with Crippen molar-refractivity contribution in [1.82, 2.24) is 15.0 Å². The molecular formula is C11H8N4O2S. The summed E-state index contributed by atoms with van der Waals surface area (Å²) in [6, 6.07) is 6.67. The van der Waals surface area contributed by atoms with Crippen molar-refractivity contribution >= 4 is 28.5 Å². The zero-order valence-corrected chi connectivity index (χ0v) is 9.90. The number of oxazole rings is 1. The maximum atomic E-state index is 11.1. The Hall–Kier alpha value is -2.28. The molecule has 7 heteroatoms. The largest absolute Gasteiger partial charge is 0.431 e. The van der Waals surface area contributed by atoms with Crippen LogP contribution in [-0.2, 0) is 0 Å². The van der Waals surface area contributed by atoms with Crippen molar-refractivity contribution in [1.29, 1.82) is 0 Å². The van der Waals surface area contributed by atoms with E-state index in [0.717, 1.165) is 11.8 Å². The second kappa shape index (κ2) is 4.19. The van der Waals surface area contributed by atoms with E-state index in [1.54, 1.807) is 18.2 Å². The normalized spacial score (nSPS) is 10.9. The molecule has 0 aliphatic rings. The summed E-state index contributed by atoms with van der Waals surface area (Å²) in [6.07, 6.45) is 1.43. The van der Waals surface area contributed by atoms with Gasteiger partial charge in [0.25, 0.3) is 10.8 Å². The lowest BCUT2D eigenvalue weighted by Gasteiger charge is -1.93. The number of benzene rings is 1. The van der Waals surface area contributed by atoms with Crippen molar-refractivity contribution in [3.8, 4) is 0 Å². The van der Waals surface area contributed by atoms with Crippen LogP contribution in [0.1, 0.15) is 0 Å². The molecule has 0 aliphatic carbocycles. The highest BCUT2D eigenvalue weighted by Gasteiger charge is 2.10. The third-order valence-electron chi connectivity index (χ3n) is 2.26. The van der Waals surface area contributed by atoms with Gasteiger partial charge in [0.05, 0.1) is 5.69 Å². The molecule has 3 rings (SSSR count). The van der Waals surface area contributed by atoms with Crippen LogP contribution in [0.3, 0.4) is 0 Å². The van der Waals surface area contributed by atoms with Gasteiger partial charge in [-0.15, -0.1) is 0 Å². The summed E-state index contributed by atoms with van der Waals surface area (Å²) < 4.78 is 5.50. The smallest absolute Gasteiger partial charge is 0.264 e. The van der Waals surface area contributed by atoms with Gasteiger partial charge in [-0.2, -0.15) is 0 Å². The maximum absolute atomic E-state index is 11.1. The fraction of sp³-hybridized carbons (Fsp3) is 0. The summed E-state index contributed by atoms with van der Waals surface area (Å²) in [5.41, 5.74) is 7.33. The Morgan fingerprint density at radius 3 is 3.00 bits per heavy atom. The van der Waals surface area contributed by atoms with Gasteiger partial charge in [-0.05, 0) is 12.1 Å². The minimum absolute atomic E-state index is 0.219. The van der Waals surface area contributed by atoms with Crippen LogP contribution >= 0.6 is 11.8 Å². The van der Waals surface area contributed by atoms with Gasteiger partial charge in [-0.1, -0.05) is 6.07 Å². The average molecular weight is 260 g/mol. The van der Waals surface area contributed by atoms with Crippen LogP contribution in [0.25, 0.3) is 11.1 Å². The van der Waals surface area contributed by atoms with Crippen LogP contribution in [0.5, 0.6) is 0 Å². The Balaban J connectivity index is 2.00. The van der Waals surface area contributed by atoms with Crippen molar-refractivity contribution in [2.24, 2.45) is 0 Å². The van der Waals surface area contributed by atoms with Gasteiger partial charge in [-0.3, -0.25) is 4.79 Å². The standard InChI is InChI=1S/C11H8N4O2S/c12-6-2-1-3-7-9(6)15-11(17-7)18-10-13-5-4-8(16)14-10/h1-5H,12H2,(H,13,14,16). The quantitative estimate of drug-likeness (QED) is 0.537.